The average Bonchev–Trinajstić information content (AvgIpc) is 3.15. The SMILES string of the molecule is CC(C)(C)C(=O)N1CCN(Cc2noc(-c3ccc4ccccc4c3)n2)CC1. The summed E-state index contributed by atoms with van der Waals surface area (Å²) >= 11 is 0. The van der Waals surface area contributed by atoms with Crippen molar-refractivity contribution < 1.29 is 9.32 Å². The van der Waals surface area contributed by atoms with Gasteiger partial charge in [-0.25, -0.2) is 0 Å². The number of nitrogens with zero attached hydrogens (tertiary/aromatic N) is 4. The number of fused-ring (bicyclic) bond motifs is 1. The van der Waals surface area contributed by atoms with Gasteiger partial charge in [-0.2, -0.15) is 4.98 Å². The molecule has 1 amide bonds. The van der Waals surface area contributed by atoms with E-state index in [-0.39, 0.29) is 11.3 Å². The fourth-order valence-corrected chi connectivity index (χ4v) is 3.54. The van der Waals surface area contributed by atoms with Gasteiger partial charge in [-0.15, -0.1) is 0 Å². The highest BCUT2D eigenvalue weighted by molar-refractivity contribution is 5.86. The van der Waals surface area contributed by atoms with E-state index in [0.29, 0.717) is 18.3 Å². The number of piperazine rings is 1. The molecule has 2 heterocycles. The molecule has 3 aromatic rings. The van der Waals surface area contributed by atoms with Crippen LogP contribution in [0.1, 0.15) is 26.6 Å². The van der Waals surface area contributed by atoms with E-state index in [1.54, 1.807) is 0 Å². The summed E-state index contributed by atoms with van der Waals surface area (Å²) in [5.41, 5.74) is 0.600. The van der Waals surface area contributed by atoms with Crippen LogP contribution < -0.4 is 0 Å². The minimum absolute atomic E-state index is 0.213. The van der Waals surface area contributed by atoms with E-state index in [9.17, 15) is 4.79 Å². The number of hydrogen-bond donors (Lipinski definition) is 0. The van der Waals surface area contributed by atoms with Crippen molar-refractivity contribution in [3.05, 3.63) is 48.3 Å². The second kappa shape index (κ2) is 7.36. The van der Waals surface area contributed by atoms with Gasteiger partial charge in [0.25, 0.3) is 5.89 Å². The fourth-order valence-electron chi connectivity index (χ4n) is 3.54. The molecule has 0 N–H and O–H groups in total. The maximum Gasteiger partial charge on any atom is 0.257 e. The number of aromatic nitrogens is 2. The first-order valence-electron chi connectivity index (χ1n) is 9.74. The standard InChI is InChI=1S/C22H26N4O2/c1-22(2,3)21(27)26-12-10-25(11-13-26)15-19-23-20(28-24-19)18-9-8-16-6-4-5-7-17(16)14-18/h4-9,14H,10-13,15H2,1-3H3. The molecular weight excluding hydrogens is 352 g/mol. The molecule has 6 nitrogen and oxygen atoms in total. The Kier molecular flexibility index (Phi) is 4.89. The number of hydrogen-bond acceptors (Lipinski definition) is 5. The molecule has 1 aromatic heterocycles. The van der Waals surface area contributed by atoms with Crippen molar-refractivity contribution in [2.45, 2.75) is 27.3 Å². The Labute approximate surface area is 165 Å². The summed E-state index contributed by atoms with van der Waals surface area (Å²) in [5, 5.41) is 6.49. The second-order valence-electron chi connectivity index (χ2n) is 8.40. The molecule has 1 aliphatic heterocycles. The summed E-state index contributed by atoms with van der Waals surface area (Å²) in [5.74, 6) is 1.44. The van der Waals surface area contributed by atoms with Crippen LogP contribution in [0.3, 0.4) is 0 Å². The van der Waals surface area contributed by atoms with Crippen molar-refractivity contribution in [1.82, 2.24) is 19.9 Å². The minimum Gasteiger partial charge on any atom is -0.340 e. The summed E-state index contributed by atoms with van der Waals surface area (Å²) in [6, 6.07) is 14.4. The lowest BCUT2D eigenvalue weighted by atomic mass is 9.94. The van der Waals surface area contributed by atoms with Gasteiger partial charge in [-0.05, 0) is 22.9 Å². The van der Waals surface area contributed by atoms with Crippen molar-refractivity contribution in [3.8, 4) is 11.5 Å². The summed E-state index contributed by atoms with van der Waals surface area (Å²) in [6.45, 7) is 9.66. The summed E-state index contributed by atoms with van der Waals surface area (Å²) in [7, 11) is 0. The topological polar surface area (TPSA) is 62.5 Å². The molecule has 28 heavy (non-hydrogen) atoms. The van der Waals surface area contributed by atoms with Gasteiger partial charge in [0.1, 0.15) is 0 Å². The van der Waals surface area contributed by atoms with Gasteiger partial charge in [0, 0.05) is 37.2 Å². The molecule has 1 fully saturated rings. The zero-order valence-electron chi connectivity index (χ0n) is 16.7. The van der Waals surface area contributed by atoms with E-state index in [1.165, 1.54) is 5.39 Å². The third kappa shape index (κ3) is 3.92. The monoisotopic (exact) mass is 378 g/mol. The number of carbonyl (C=O) groups excluding carboxylic acids is 1. The largest absolute Gasteiger partial charge is 0.340 e. The first-order valence-corrected chi connectivity index (χ1v) is 9.74. The molecule has 0 spiro atoms. The normalized spacial score (nSPS) is 15.9. The van der Waals surface area contributed by atoms with Crippen LogP contribution in [0.5, 0.6) is 0 Å². The maximum absolute atomic E-state index is 12.4. The molecule has 0 aliphatic carbocycles. The highest BCUT2D eigenvalue weighted by Crippen LogP contribution is 2.24. The van der Waals surface area contributed by atoms with Gasteiger partial charge in [0.15, 0.2) is 5.82 Å². The van der Waals surface area contributed by atoms with E-state index < -0.39 is 0 Å². The smallest absolute Gasteiger partial charge is 0.257 e. The Bertz CT molecular complexity index is 981. The second-order valence-corrected chi connectivity index (χ2v) is 8.40. The van der Waals surface area contributed by atoms with Crippen molar-refractivity contribution in [1.29, 1.82) is 0 Å². The van der Waals surface area contributed by atoms with E-state index in [1.807, 2.05) is 43.9 Å². The van der Waals surface area contributed by atoms with Crippen LogP contribution in [0.2, 0.25) is 0 Å². The molecule has 2 aromatic carbocycles. The van der Waals surface area contributed by atoms with E-state index in [4.69, 9.17) is 4.52 Å². The van der Waals surface area contributed by atoms with Crippen LogP contribution in [0, 0.1) is 5.41 Å². The lowest BCUT2D eigenvalue weighted by molar-refractivity contribution is -0.141. The van der Waals surface area contributed by atoms with Crippen LogP contribution in [-0.4, -0.2) is 52.0 Å². The van der Waals surface area contributed by atoms with Gasteiger partial charge in [0.2, 0.25) is 5.91 Å². The Balaban J connectivity index is 1.39. The molecule has 4 rings (SSSR count). The first kappa shape index (κ1) is 18.6. The first-order chi connectivity index (χ1) is 13.4. The summed E-state index contributed by atoms with van der Waals surface area (Å²) in [6.07, 6.45) is 0. The predicted octanol–water partition coefficient (Wildman–Crippen LogP) is 3.58. The average molecular weight is 378 g/mol. The molecule has 0 bridgehead atoms. The van der Waals surface area contributed by atoms with Gasteiger partial charge in [-0.3, -0.25) is 9.69 Å². The molecule has 146 valence electrons. The van der Waals surface area contributed by atoms with Gasteiger partial charge < -0.3 is 9.42 Å². The lowest BCUT2D eigenvalue weighted by Crippen LogP contribution is -2.51. The lowest BCUT2D eigenvalue weighted by Gasteiger charge is -2.37. The number of amides is 1. The Morgan fingerprint density at radius 3 is 2.46 bits per heavy atom. The van der Waals surface area contributed by atoms with Crippen LogP contribution in [0.4, 0.5) is 0 Å². The highest BCUT2D eigenvalue weighted by atomic mass is 16.5. The summed E-state index contributed by atoms with van der Waals surface area (Å²) < 4.78 is 5.49. The van der Waals surface area contributed by atoms with E-state index in [0.717, 1.165) is 37.1 Å². The van der Waals surface area contributed by atoms with Crippen LogP contribution in [-0.2, 0) is 11.3 Å². The third-order valence-corrected chi connectivity index (χ3v) is 5.13. The summed E-state index contributed by atoms with van der Waals surface area (Å²) in [4.78, 5) is 21.2. The van der Waals surface area contributed by atoms with Gasteiger partial charge >= 0.3 is 0 Å². The number of rotatable bonds is 3. The molecule has 0 saturated carbocycles. The molecule has 0 unspecified atom stereocenters. The maximum atomic E-state index is 12.4. The van der Waals surface area contributed by atoms with Gasteiger partial charge in [0.05, 0.1) is 6.54 Å². The molecule has 6 heteroatoms. The highest BCUT2D eigenvalue weighted by Gasteiger charge is 2.30. The molecule has 1 aliphatic rings. The fraction of sp³-hybridized carbons (Fsp3) is 0.409. The van der Waals surface area contributed by atoms with Crippen LogP contribution in [0.25, 0.3) is 22.2 Å². The van der Waals surface area contributed by atoms with Crippen molar-refractivity contribution in [2.24, 2.45) is 5.41 Å². The van der Waals surface area contributed by atoms with Crippen LogP contribution >= 0.6 is 0 Å². The zero-order chi connectivity index (χ0) is 19.7. The molecule has 1 saturated heterocycles. The molecular formula is C22H26N4O2. The number of benzene rings is 2. The predicted molar refractivity (Wildman–Crippen MR) is 109 cm³/mol. The Morgan fingerprint density at radius 2 is 1.75 bits per heavy atom. The van der Waals surface area contributed by atoms with E-state index >= 15 is 0 Å². The van der Waals surface area contributed by atoms with Crippen molar-refractivity contribution in [2.75, 3.05) is 26.2 Å². The minimum atomic E-state index is -0.329. The Hall–Kier alpha value is -2.73. The van der Waals surface area contributed by atoms with Crippen LogP contribution in [0.15, 0.2) is 47.0 Å². The zero-order valence-corrected chi connectivity index (χ0v) is 16.7. The third-order valence-electron chi connectivity index (χ3n) is 5.13. The number of carbonyl (C=O) groups is 1. The quantitative estimate of drug-likeness (QED) is 0.697. The molecule has 0 atom stereocenters. The Morgan fingerprint density at radius 1 is 1.04 bits per heavy atom. The molecule has 0 radical (unpaired) electrons. The van der Waals surface area contributed by atoms with Crippen molar-refractivity contribution >= 4 is 16.7 Å². The van der Waals surface area contributed by atoms with E-state index in [2.05, 4.69) is 39.3 Å². The van der Waals surface area contributed by atoms with Gasteiger partial charge in [-0.1, -0.05) is 56.3 Å². The van der Waals surface area contributed by atoms with Crippen molar-refractivity contribution in [3.63, 3.8) is 0 Å².